The highest BCUT2D eigenvalue weighted by atomic mass is 16.3. The fourth-order valence-electron chi connectivity index (χ4n) is 2.99. The highest BCUT2D eigenvalue weighted by molar-refractivity contribution is 5.96. The SMILES string of the molecule is O=C(CN1CCN(C(=O)c2ccccc2O)CC1)NCc1ccccc1. The van der Waals surface area contributed by atoms with Crippen LogP contribution >= 0.6 is 0 Å². The topological polar surface area (TPSA) is 72.9 Å². The second kappa shape index (κ2) is 8.49. The van der Waals surface area contributed by atoms with Crippen LogP contribution in [0, 0.1) is 0 Å². The molecular formula is C20H23N3O3. The van der Waals surface area contributed by atoms with Crippen molar-refractivity contribution in [3.63, 3.8) is 0 Å². The molecule has 3 rings (SSSR count). The summed E-state index contributed by atoms with van der Waals surface area (Å²) in [5, 5.41) is 12.7. The maximum absolute atomic E-state index is 12.5. The van der Waals surface area contributed by atoms with Crippen LogP contribution < -0.4 is 5.32 Å². The number of hydrogen-bond acceptors (Lipinski definition) is 4. The Bertz CT molecular complexity index is 756. The van der Waals surface area contributed by atoms with Crippen molar-refractivity contribution in [3.05, 3.63) is 65.7 Å². The molecule has 2 N–H and O–H groups in total. The van der Waals surface area contributed by atoms with Gasteiger partial charge in [0.15, 0.2) is 0 Å². The summed E-state index contributed by atoms with van der Waals surface area (Å²) < 4.78 is 0. The molecule has 6 heteroatoms. The maximum atomic E-state index is 12.5. The lowest BCUT2D eigenvalue weighted by atomic mass is 10.1. The zero-order valence-corrected chi connectivity index (χ0v) is 14.6. The number of aromatic hydroxyl groups is 1. The van der Waals surface area contributed by atoms with Gasteiger partial charge in [0.2, 0.25) is 5.91 Å². The number of rotatable bonds is 5. The molecule has 2 aromatic rings. The standard InChI is InChI=1S/C20H23N3O3/c24-18-9-5-4-8-17(18)20(26)23-12-10-22(11-13-23)15-19(25)21-14-16-6-2-1-3-7-16/h1-9,24H,10-15H2,(H,21,25). The first-order valence-electron chi connectivity index (χ1n) is 8.74. The van der Waals surface area contributed by atoms with E-state index < -0.39 is 0 Å². The lowest BCUT2D eigenvalue weighted by Crippen LogP contribution is -2.51. The number of carbonyl (C=O) groups excluding carboxylic acids is 2. The summed E-state index contributed by atoms with van der Waals surface area (Å²) in [7, 11) is 0. The molecule has 0 bridgehead atoms. The highest BCUT2D eigenvalue weighted by Crippen LogP contribution is 2.18. The van der Waals surface area contributed by atoms with Gasteiger partial charge < -0.3 is 15.3 Å². The van der Waals surface area contributed by atoms with Crippen LogP contribution in [0.1, 0.15) is 15.9 Å². The van der Waals surface area contributed by atoms with Gasteiger partial charge in [-0.25, -0.2) is 0 Å². The third-order valence-corrected chi connectivity index (χ3v) is 4.49. The summed E-state index contributed by atoms with van der Waals surface area (Å²) in [5.41, 5.74) is 1.39. The largest absolute Gasteiger partial charge is 0.507 e. The molecule has 0 radical (unpaired) electrons. The molecule has 2 amide bonds. The second-order valence-electron chi connectivity index (χ2n) is 6.35. The fraction of sp³-hybridized carbons (Fsp3) is 0.300. The van der Waals surface area contributed by atoms with Crippen molar-refractivity contribution < 1.29 is 14.7 Å². The molecule has 2 aromatic carbocycles. The van der Waals surface area contributed by atoms with Gasteiger partial charge >= 0.3 is 0 Å². The van der Waals surface area contributed by atoms with E-state index in [1.165, 1.54) is 6.07 Å². The molecule has 136 valence electrons. The van der Waals surface area contributed by atoms with Crippen LogP contribution in [0.2, 0.25) is 0 Å². The molecular weight excluding hydrogens is 330 g/mol. The van der Waals surface area contributed by atoms with E-state index >= 15 is 0 Å². The van der Waals surface area contributed by atoms with Crippen LogP contribution in [0.3, 0.4) is 0 Å². The van der Waals surface area contributed by atoms with Gasteiger partial charge in [-0.15, -0.1) is 0 Å². The molecule has 1 heterocycles. The van der Waals surface area contributed by atoms with Gasteiger partial charge in [0.25, 0.3) is 5.91 Å². The maximum Gasteiger partial charge on any atom is 0.257 e. The van der Waals surface area contributed by atoms with E-state index in [0.717, 1.165) is 5.56 Å². The van der Waals surface area contributed by atoms with Gasteiger partial charge in [-0.3, -0.25) is 14.5 Å². The summed E-state index contributed by atoms with van der Waals surface area (Å²) >= 11 is 0. The first-order valence-corrected chi connectivity index (χ1v) is 8.74. The average molecular weight is 353 g/mol. The number of piperazine rings is 1. The predicted molar refractivity (Wildman–Crippen MR) is 98.7 cm³/mol. The zero-order chi connectivity index (χ0) is 18.4. The van der Waals surface area contributed by atoms with E-state index in [9.17, 15) is 14.7 Å². The molecule has 1 aliphatic rings. The summed E-state index contributed by atoms with van der Waals surface area (Å²) in [6.45, 7) is 3.20. The van der Waals surface area contributed by atoms with Crippen LogP contribution in [0.5, 0.6) is 5.75 Å². The normalized spacial score (nSPS) is 14.8. The molecule has 0 unspecified atom stereocenters. The number of phenolic OH excluding ortho intramolecular Hbond substituents is 1. The van der Waals surface area contributed by atoms with E-state index in [-0.39, 0.29) is 17.6 Å². The summed E-state index contributed by atoms with van der Waals surface area (Å²) in [4.78, 5) is 28.3. The Morgan fingerprint density at radius 3 is 2.27 bits per heavy atom. The van der Waals surface area contributed by atoms with Gasteiger partial charge in [0, 0.05) is 32.7 Å². The Hall–Kier alpha value is -2.86. The molecule has 0 spiro atoms. The number of hydrogen-bond donors (Lipinski definition) is 2. The molecule has 1 fully saturated rings. The van der Waals surface area contributed by atoms with Gasteiger partial charge in [-0.05, 0) is 17.7 Å². The Kier molecular flexibility index (Phi) is 5.86. The number of nitrogens with one attached hydrogen (secondary N) is 1. The minimum Gasteiger partial charge on any atom is -0.507 e. The minimum absolute atomic E-state index is 0.000203. The third-order valence-electron chi connectivity index (χ3n) is 4.49. The summed E-state index contributed by atoms with van der Waals surface area (Å²) in [6.07, 6.45) is 0. The van der Waals surface area contributed by atoms with E-state index in [2.05, 4.69) is 5.32 Å². The van der Waals surface area contributed by atoms with E-state index in [1.54, 1.807) is 23.1 Å². The summed E-state index contributed by atoms with van der Waals surface area (Å²) in [6, 6.07) is 16.4. The highest BCUT2D eigenvalue weighted by Gasteiger charge is 2.24. The van der Waals surface area contributed by atoms with Crippen LogP contribution in [0.25, 0.3) is 0 Å². The van der Waals surface area contributed by atoms with Crippen LogP contribution in [0.15, 0.2) is 54.6 Å². The van der Waals surface area contributed by atoms with E-state index in [1.807, 2.05) is 35.2 Å². The first kappa shape index (κ1) is 17.9. The van der Waals surface area contributed by atoms with Crippen molar-refractivity contribution in [2.24, 2.45) is 0 Å². The van der Waals surface area contributed by atoms with Crippen molar-refractivity contribution in [2.45, 2.75) is 6.54 Å². The first-order chi connectivity index (χ1) is 12.6. The minimum atomic E-state index is -0.170. The van der Waals surface area contributed by atoms with Crippen molar-refractivity contribution in [2.75, 3.05) is 32.7 Å². The lowest BCUT2D eigenvalue weighted by molar-refractivity contribution is -0.122. The average Bonchev–Trinajstić information content (AvgIpc) is 2.68. The molecule has 1 aliphatic heterocycles. The zero-order valence-electron chi connectivity index (χ0n) is 14.6. The monoisotopic (exact) mass is 353 g/mol. The number of amides is 2. The Morgan fingerprint density at radius 1 is 0.923 bits per heavy atom. The third kappa shape index (κ3) is 4.61. The Labute approximate surface area is 153 Å². The van der Waals surface area contributed by atoms with Crippen molar-refractivity contribution in [1.82, 2.24) is 15.1 Å². The van der Waals surface area contributed by atoms with E-state index in [4.69, 9.17) is 0 Å². The van der Waals surface area contributed by atoms with Crippen molar-refractivity contribution in [1.29, 1.82) is 0 Å². The molecule has 0 aromatic heterocycles. The molecule has 26 heavy (non-hydrogen) atoms. The smallest absolute Gasteiger partial charge is 0.257 e. The van der Waals surface area contributed by atoms with E-state index in [0.29, 0.717) is 44.8 Å². The van der Waals surface area contributed by atoms with Crippen LogP contribution in [-0.4, -0.2) is 59.4 Å². The van der Waals surface area contributed by atoms with Gasteiger partial charge in [-0.1, -0.05) is 42.5 Å². The summed E-state index contributed by atoms with van der Waals surface area (Å²) in [5.74, 6) is -0.189. The van der Waals surface area contributed by atoms with Crippen molar-refractivity contribution in [3.8, 4) is 5.75 Å². The quantitative estimate of drug-likeness (QED) is 0.854. The molecule has 0 aliphatic carbocycles. The second-order valence-corrected chi connectivity index (χ2v) is 6.35. The fourth-order valence-corrected chi connectivity index (χ4v) is 2.99. The number of phenols is 1. The molecule has 0 atom stereocenters. The predicted octanol–water partition coefficient (Wildman–Crippen LogP) is 1.47. The Balaban J connectivity index is 1.44. The molecule has 1 saturated heterocycles. The number of para-hydroxylation sites is 1. The molecule has 6 nitrogen and oxygen atoms in total. The number of nitrogens with zero attached hydrogens (tertiary/aromatic N) is 2. The van der Waals surface area contributed by atoms with Gasteiger partial charge in [0.05, 0.1) is 12.1 Å². The molecule has 0 saturated carbocycles. The van der Waals surface area contributed by atoms with Gasteiger partial charge in [0.1, 0.15) is 5.75 Å². The lowest BCUT2D eigenvalue weighted by Gasteiger charge is -2.34. The van der Waals surface area contributed by atoms with Gasteiger partial charge in [-0.2, -0.15) is 0 Å². The number of carbonyl (C=O) groups is 2. The van der Waals surface area contributed by atoms with Crippen LogP contribution in [-0.2, 0) is 11.3 Å². The van der Waals surface area contributed by atoms with Crippen LogP contribution in [0.4, 0.5) is 0 Å². The number of benzene rings is 2. The van der Waals surface area contributed by atoms with Crippen molar-refractivity contribution >= 4 is 11.8 Å². The Morgan fingerprint density at radius 2 is 1.58 bits per heavy atom.